The molecule has 4 heteroatoms. The predicted molar refractivity (Wildman–Crippen MR) is 86.5 cm³/mol. The molecular weight excluding hydrogens is 262 g/mol. The summed E-state index contributed by atoms with van der Waals surface area (Å²) in [7, 11) is 1.87. The fourth-order valence-electron chi connectivity index (χ4n) is 3.27. The molecule has 4 nitrogen and oxygen atoms in total. The normalized spacial score (nSPS) is 18.4. The van der Waals surface area contributed by atoms with E-state index in [9.17, 15) is 0 Å². The number of hydrogen-bond donors (Lipinski definition) is 1. The fraction of sp³-hybridized carbons (Fsp3) is 0.824. The minimum absolute atomic E-state index is 0.119. The third-order valence-corrected chi connectivity index (χ3v) is 4.69. The second-order valence-electron chi connectivity index (χ2n) is 6.34. The Balaban J connectivity index is 1.99. The first-order valence-electron chi connectivity index (χ1n) is 8.51. The number of aromatic nitrogens is 2. The van der Waals surface area contributed by atoms with Crippen LogP contribution >= 0.6 is 0 Å². The van der Waals surface area contributed by atoms with Crippen molar-refractivity contribution in [3.63, 3.8) is 0 Å². The number of methoxy groups -OCH3 is 1. The van der Waals surface area contributed by atoms with Crippen molar-refractivity contribution in [2.75, 3.05) is 13.7 Å². The van der Waals surface area contributed by atoms with Crippen LogP contribution in [0.1, 0.15) is 58.2 Å². The topological polar surface area (TPSA) is 39.1 Å². The van der Waals surface area contributed by atoms with Crippen molar-refractivity contribution in [3.8, 4) is 0 Å². The predicted octanol–water partition coefficient (Wildman–Crippen LogP) is 3.16. The van der Waals surface area contributed by atoms with Crippen LogP contribution in [0.4, 0.5) is 0 Å². The van der Waals surface area contributed by atoms with Crippen molar-refractivity contribution >= 4 is 0 Å². The largest absolute Gasteiger partial charge is 0.378 e. The van der Waals surface area contributed by atoms with Crippen LogP contribution < -0.4 is 5.32 Å². The number of nitrogens with one attached hydrogen (secondary N) is 1. The molecule has 0 radical (unpaired) electrons. The van der Waals surface area contributed by atoms with E-state index in [2.05, 4.69) is 34.9 Å². The molecule has 0 spiro atoms. The van der Waals surface area contributed by atoms with E-state index in [1.165, 1.54) is 31.5 Å². The fourth-order valence-corrected chi connectivity index (χ4v) is 3.27. The Hall–Kier alpha value is -0.870. The van der Waals surface area contributed by atoms with Crippen LogP contribution in [0.15, 0.2) is 12.4 Å². The van der Waals surface area contributed by atoms with Gasteiger partial charge in [0.2, 0.25) is 0 Å². The highest BCUT2D eigenvalue weighted by Gasteiger charge is 2.39. The maximum absolute atomic E-state index is 5.81. The van der Waals surface area contributed by atoms with Crippen LogP contribution in [0.25, 0.3) is 0 Å². The maximum atomic E-state index is 5.81. The van der Waals surface area contributed by atoms with E-state index in [1.54, 1.807) is 0 Å². The lowest BCUT2D eigenvalue weighted by Gasteiger charge is -2.43. The molecule has 0 aromatic carbocycles. The van der Waals surface area contributed by atoms with Gasteiger partial charge in [0.25, 0.3) is 0 Å². The van der Waals surface area contributed by atoms with Crippen molar-refractivity contribution in [3.05, 3.63) is 18.2 Å². The van der Waals surface area contributed by atoms with Crippen LogP contribution in [0, 0.1) is 0 Å². The van der Waals surface area contributed by atoms with Gasteiger partial charge >= 0.3 is 0 Å². The third-order valence-electron chi connectivity index (χ3n) is 4.69. The first-order chi connectivity index (χ1) is 10.2. The highest BCUT2D eigenvalue weighted by atomic mass is 16.5. The van der Waals surface area contributed by atoms with Crippen molar-refractivity contribution in [2.45, 2.75) is 77.0 Å². The first kappa shape index (κ1) is 16.5. The van der Waals surface area contributed by atoms with Crippen LogP contribution in [0.3, 0.4) is 0 Å². The van der Waals surface area contributed by atoms with Crippen molar-refractivity contribution in [1.29, 1.82) is 0 Å². The molecule has 120 valence electrons. The molecule has 0 bridgehead atoms. The average molecular weight is 293 g/mol. The minimum Gasteiger partial charge on any atom is -0.378 e. The number of hydrogen-bond acceptors (Lipinski definition) is 3. The molecule has 0 amide bonds. The Morgan fingerprint density at radius 3 is 2.76 bits per heavy atom. The summed E-state index contributed by atoms with van der Waals surface area (Å²) in [6, 6.07) is 0.461. The van der Waals surface area contributed by atoms with Crippen molar-refractivity contribution in [2.24, 2.45) is 0 Å². The molecule has 1 aliphatic rings. The van der Waals surface area contributed by atoms with Gasteiger partial charge in [-0.2, -0.15) is 0 Å². The SMILES string of the molecule is CCCNC(Cc1nccn1CCC)CC1(OC)CCC1. The molecule has 0 aliphatic heterocycles. The van der Waals surface area contributed by atoms with Gasteiger partial charge in [0.05, 0.1) is 5.60 Å². The summed E-state index contributed by atoms with van der Waals surface area (Å²) in [6.45, 7) is 6.56. The number of ether oxygens (including phenoxy) is 1. The Morgan fingerprint density at radius 1 is 1.38 bits per heavy atom. The van der Waals surface area contributed by atoms with Crippen LogP contribution in [0.2, 0.25) is 0 Å². The number of imidazole rings is 1. The monoisotopic (exact) mass is 293 g/mol. The summed E-state index contributed by atoms with van der Waals surface area (Å²) in [5.41, 5.74) is 0.119. The van der Waals surface area contributed by atoms with Gasteiger partial charge in [-0.15, -0.1) is 0 Å². The molecule has 0 saturated heterocycles. The zero-order valence-electron chi connectivity index (χ0n) is 13.9. The summed E-state index contributed by atoms with van der Waals surface area (Å²) in [6.07, 6.45) is 12.2. The van der Waals surface area contributed by atoms with Gasteiger partial charge < -0.3 is 14.6 Å². The van der Waals surface area contributed by atoms with E-state index in [-0.39, 0.29) is 5.60 Å². The third kappa shape index (κ3) is 4.30. The van der Waals surface area contributed by atoms with Crippen molar-refractivity contribution < 1.29 is 4.74 Å². The molecule has 1 atom stereocenters. The molecule has 2 rings (SSSR count). The zero-order chi connectivity index (χ0) is 15.1. The van der Waals surface area contributed by atoms with Gasteiger partial charge in [0.1, 0.15) is 5.82 Å². The summed E-state index contributed by atoms with van der Waals surface area (Å²) in [5, 5.41) is 3.70. The molecule has 1 N–H and O–H groups in total. The molecule has 1 unspecified atom stereocenters. The first-order valence-corrected chi connectivity index (χ1v) is 8.51. The van der Waals surface area contributed by atoms with Gasteiger partial charge in [-0.25, -0.2) is 4.98 Å². The smallest absolute Gasteiger partial charge is 0.110 e. The number of nitrogens with zero attached hydrogens (tertiary/aromatic N) is 2. The standard InChI is InChI=1S/C17H31N3O/c1-4-9-18-15(14-17(21-3)7-6-8-17)13-16-19-10-12-20(16)11-5-2/h10,12,15,18H,4-9,11,13-14H2,1-3H3. The maximum Gasteiger partial charge on any atom is 0.110 e. The van der Waals surface area contributed by atoms with Crippen LogP contribution in [-0.4, -0.2) is 34.8 Å². The average Bonchev–Trinajstić information content (AvgIpc) is 2.87. The van der Waals surface area contributed by atoms with Gasteiger partial charge in [-0.05, 0) is 45.1 Å². The van der Waals surface area contributed by atoms with E-state index in [0.717, 1.165) is 32.4 Å². The van der Waals surface area contributed by atoms with Crippen LogP contribution in [0.5, 0.6) is 0 Å². The van der Waals surface area contributed by atoms with Gasteiger partial charge in [0, 0.05) is 38.5 Å². The molecule has 1 aromatic rings. The molecule has 1 fully saturated rings. The highest BCUT2D eigenvalue weighted by Crippen LogP contribution is 2.39. The van der Waals surface area contributed by atoms with E-state index < -0.39 is 0 Å². The van der Waals surface area contributed by atoms with E-state index >= 15 is 0 Å². The highest BCUT2D eigenvalue weighted by molar-refractivity contribution is 5.00. The molecule has 1 aliphatic carbocycles. The lowest BCUT2D eigenvalue weighted by molar-refractivity contribution is -0.0835. The second kappa shape index (κ2) is 7.95. The Morgan fingerprint density at radius 2 is 2.19 bits per heavy atom. The Kier molecular flexibility index (Phi) is 6.24. The summed E-state index contributed by atoms with van der Waals surface area (Å²) in [5.74, 6) is 1.20. The molecule has 1 saturated carbocycles. The lowest BCUT2D eigenvalue weighted by Crippen LogP contribution is -2.47. The van der Waals surface area contributed by atoms with Gasteiger partial charge in [-0.1, -0.05) is 13.8 Å². The molecule has 21 heavy (non-hydrogen) atoms. The van der Waals surface area contributed by atoms with Crippen molar-refractivity contribution in [1.82, 2.24) is 14.9 Å². The zero-order valence-corrected chi connectivity index (χ0v) is 13.9. The second-order valence-corrected chi connectivity index (χ2v) is 6.34. The molecule has 1 heterocycles. The number of rotatable bonds is 10. The minimum atomic E-state index is 0.119. The van der Waals surface area contributed by atoms with E-state index in [0.29, 0.717) is 6.04 Å². The lowest BCUT2D eigenvalue weighted by atomic mass is 9.75. The molecule has 1 aromatic heterocycles. The van der Waals surface area contributed by atoms with Gasteiger partial charge in [0.15, 0.2) is 0 Å². The summed E-state index contributed by atoms with van der Waals surface area (Å²) < 4.78 is 8.11. The molecular formula is C17H31N3O. The Bertz CT molecular complexity index is 406. The van der Waals surface area contributed by atoms with Gasteiger partial charge in [-0.3, -0.25) is 0 Å². The van der Waals surface area contributed by atoms with E-state index in [1.807, 2.05) is 13.3 Å². The Labute approximate surface area is 129 Å². The van der Waals surface area contributed by atoms with Crippen LogP contribution in [-0.2, 0) is 17.7 Å². The summed E-state index contributed by atoms with van der Waals surface area (Å²) in [4.78, 5) is 4.56. The quantitative estimate of drug-likeness (QED) is 0.720. The number of aryl methyl sites for hydroxylation is 1. The van der Waals surface area contributed by atoms with E-state index in [4.69, 9.17) is 4.74 Å². The summed E-state index contributed by atoms with van der Waals surface area (Å²) >= 11 is 0.